The van der Waals surface area contributed by atoms with Crippen LogP contribution in [0.4, 0.5) is 4.39 Å². The molecule has 0 bridgehead atoms. The molecule has 7 heteroatoms. The quantitative estimate of drug-likeness (QED) is 0.423. The molecule has 0 spiro atoms. The summed E-state index contributed by atoms with van der Waals surface area (Å²) in [5.41, 5.74) is 13.4. The van der Waals surface area contributed by atoms with Gasteiger partial charge in [0.25, 0.3) is 0 Å². The number of hydrogen-bond donors (Lipinski definition) is 4. The minimum atomic E-state index is -0.695. The van der Waals surface area contributed by atoms with Crippen molar-refractivity contribution in [1.29, 1.82) is 0 Å². The van der Waals surface area contributed by atoms with Gasteiger partial charge in [0, 0.05) is 6.54 Å². The summed E-state index contributed by atoms with van der Waals surface area (Å²) in [6.45, 7) is 0.851. The van der Waals surface area contributed by atoms with Crippen LogP contribution in [-0.4, -0.2) is 37.0 Å². The summed E-state index contributed by atoms with van der Waals surface area (Å²) in [6, 6.07) is 14.6. The van der Waals surface area contributed by atoms with E-state index in [1.807, 2.05) is 30.3 Å². The van der Waals surface area contributed by atoms with Gasteiger partial charge in [-0.05, 0) is 61.9 Å². The second-order valence-electron chi connectivity index (χ2n) is 7.29. The second-order valence-corrected chi connectivity index (χ2v) is 7.29. The fourth-order valence-electron chi connectivity index (χ4n) is 3.08. The zero-order chi connectivity index (χ0) is 21.8. The van der Waals surface area contributed by atoms with Gasteiger partial charge in [-0.3, -0.25) is 9.59 Å². The lowest BCUT2D eigenvalue weighted by Gasteiger charge is -2.21. The number of nitrogens with two attached hydrogens (primary N) is 2. The first kappa shape index (κ1) is 23.5. The molecule has 2 aromatic rings. The monoisotopic (exact) mass is 414 g/mol. The summed E-state index contributed by atoms with van der Waals surface area (Å²) >= 11 is 0. The normalized spacial score (nSPS) is 12.8. The van der Waals surface area contributed by atoms with Crippen molar-refractivity contribution in [3.8, 4) is 0 Å². The number of carbonyl (C=O) groups excluding carboxylic acids is 2. The molecular formula is C23H31FN4O2. The van der Waals surface area contributed by atoms with E-state index in [1.165, 1.54) is 12.1 Å². The Morgan fingerprint density at radius 2 is 1.57 bits per heavy atom. The van der Waals surface area contributed by atoms with Crippen LogP contribution in [-0.2, 0) is 22.4 Å². The third-order valence-corrected chi connectivity index (χ3v) is 4.88. The first-order valence-corrected chi connectivity index (χ1v) is 10.3. The van der Waals surface area contributed by atoms with Crippen LogP contribution in [0.1, 0.15) is 30.4 Å². The predicted molar refractivity (Wildman–Crippen MR) is 116 cm³/mol. The van der Waals surface area contributed by atoms with Crippen molar-refractivity contribution in [2.45, 2.75) is 44.2 Å². The van der Waals surface area contributed by atoms with Gasteiger partial charge in [0.15, 0.2) is 0 Å². The summed E-state index contributed by atoms with van der Waals surface area (Å²) in [5, 5.41) is 5.65. The number of amides is 2. The van der Waals surface area contributed by atoms with Crippen molar-refractivity contribution in [3.63, 3.8) is 0 Å². The Balaban J connectivity index is 1.92. The Bertz CT molecular complexity index is 784. The Hall–Kier alpha value is -2.77. The van der Waals surface area contributed by atoms with Crippen LogP contribution in [0.2, 0.25) is 0 Å². The fourth-order valence-corrected chi connectivity index (χ4v) is 3.08. The van der Waals surface area contributed by atoms with E-state index in [0.717, 1.165) is 11.1 Å². The molecule has 2 amide bonds. The number of carbonyl (C=O) groups is 2. The maximum Gasteiger partial charge on any atom is 0.242 e. The Labute approximate surface area is 177 Å². The molecule has 0 saturated heterocycles. The van der Waals surface area contributed by atoms with Gasteiger partial charge in [-0.15, -0.1) is 0 Å². The smallest absolute Gasteiger partial charge is 0.242 e. The van der Waals surface area contributed by atoms with Gasteiger partial charge in [-0.25, -0.2) is 4.39 Å². The molecular weight excluding hydrogens is 383 g/mol. The molecule has 30 heavy (non-hydrogen) atoms. The van der Waals surface area contributed by atoms with E-state index < -0.39 is 12.1 Å². The van der Waals surface area contributed by atoms with Crippen molar-refractivity contribution >= 4 is 11.8 Å². The minimum absolute atomic E-state index is 0.257. The summed E-state index contributed by atoms with van der Waals surface area (Å²) in [6.07, 6.45) is 2.80. The molecule has 2 aromatic carbocycles. The third kappa shape index (κ3) is 8.31. The maximum absolute atomic E-state index is 13.0. The van der Waals surface area contributed by atoms with Gasteiger partial charge < -0.3 is 22.1 Å². The van der Waals surface area contributed by atoms with E-state index in [1.54, 1.807) is 12.1 Å². The number of aryl methyl sites for hydroxylation is 1. The van der Waals surface area contributed by atoms with Crippen LogP contribution in [0, 0.1) is 5.82 Å². The molecule has 0 aliphatic carbocycles. The van der Waals surface area contributed by atoms with E-state index in [2.05, 4.69) is 10.6 Å². The van der Waals surface area contributed by atoms with Gasteiger partial charge in [-0.2, -0.15) is 0 Å². The number of hydrogen-bond acceptors (Lipinski definition) is 4. The van der Waals surface area contributed by atoms with Crippen molar-refractivity contribution < 1.29 is 14.0 Å². The van der Waals surface area contributed by atoms with E-state index in [4.69, 9.17) is 11.5 Å². The van der Waals surface area contributed by atoms with Gasteiger partial charge in [-0.1, -0.05) is 42.5 Å². The SMILES string of the molecule is NCCC[C@@H](N)C(=O)N[C@H](CCc1ccccc1)C(=O)NCCc1ccc(F)cc1. The average Bonchev–Trinajstić information content (AvgIpc) is 2.76. The van der Waals surface area contributed by atoms with Crippen molar-refractivity contribution in [2.24, 2.45) is 11.5 Å². The van der Waals surface area contributed by atoms with E-state index in [0.29, 0.717) is 45.2 Å². The zero-order valence-corrected chi connectivity index (χ0v) is 17.1. The predicted octanol–water partition coefficient (Wildman–Crippen LogP) is 1.67. The first-order chi connectivity index (χ1) is 14.5. The molecule has 0 radical (unpaired) electrons. The molecule has 162 valence electrons. The Morgan fingerprint density at radius 1 is 0.900 bits per heavy atom. The lowest BCUT2D eigenvalue weighted by molar-refractivity contribution is -0.129. The standard InChI is InChI=1S/C23H31FN4O2/c24-19-11-8-18(9-12-19)14-16-27-23(30)21(13-10-17-5-2-1-3-6-17)28-22(29)20(26)7-4-15-25/h1-3,5-6,8-9,11-12,20-21H,4,7,10,13-16,25-26H2,(H,27,30)(H,28,29)/t20-,21-/m1/s1. The Morgan fingerprint density at radius 3 is 2.23 bits per heavy atom. The van der Waals surface area contributed by atoms with Crippen LogP contribution >= 0.6 is 0 Å². The lowest BCUT2D eigenvalue weighted by Crippen LogP contribution is -2.52. The van der Waals surface area contributed by atoms with E-state index >= 15 is 0 Å². The van der Waals surface area contributed by atoms with E-state index in [9.17, 15) is 14.0 Å². The summed E-state index contributed by atoms with van der Waals surface area (Å²) < 4.78 is 13.0. The highest BCUT2D eigenvalue weighted by Crippen LogP contribution is 2.07. The molecule has 2 rings (SSSR count). The molecule has 0 fully saturated rings. The van der Waals surface area contributed by atoms with Gasteiger partial charge in [0.05, 0.1) is 6.04 Å². The molecule has 6 N–H and O–H groups in total. The average molecular weight is 415 g/mol. The van der Waals surface area contributed by atoms with Crippen LogP contribution in [0.25, 0.3) is 0 Å². The van der Waals surface area contributed by atoms with Crippen molar-refractivity contribution in [3.05, 3.63) is 71.5 Å². The second kappa shape index (κ2) is 12.7. The van der Waals surface area contributed by atoms with Crippen LogP contribution in [0.3, 0.4) is 0 Å². The zero-order valence-electron chi connectivity index (χ0n) is 17.1. The topological polar surface area (TPSA) is 110 Å². The molecule has 0 heterocycles. The third-order valence-electron chi connectivity index (χ3n) is 4.88. The lowest BCUT2D eigenvalue weighted by atomic mass is 10.0. The summed E-state index contributed by atoms with van der Waals surface area (Å²) in [7, 11) is 0. The molecule has 0 saturated carbocycles. The van der Waals surface area contributed by atoms with Gasteiger partial charge in [0.2, 0.25) is 11.8 Å². The van der Waals surface area contributed by atoms with Crippen LogP contribution < -0.4 is 22.1 Å². The Kier molecular flexibility index (Phi) is 9.97. The first-order valence-electron chi connectivity index (χ1n) is 10.3. The molecule has 0 aliphatic heterocycles. The van der Waals surface area contributed by atoms with Crippen molar-refractivity contribution in [2.75, 3.05) is 13.1 Å². The molecule has 2 atom stereocenters. The van der Waals surface area contributed by atoms with Gasteiger partial charge >= 0.3 is 0 Å². The van der Waals surface area contributed by atoms with E-state index in [-0.39, 0.29) is 17.6 Å². The maximum atomic E-state index is 13.0. The largest absolute Gasteiger partial charge is 0.354 e. The fraction of sp³-hybridized carbons (Fsp3) is 0.391. The highest BCUT2D eigenvalue weighted by atomic mass is 19.1. The molecule has 0 aromatic heterocycles. The molecule has 6 nitrogen and oxygen atoms in total. The number of rotatable bonds is 12. The van der Waals surface area contributed by atoms with Crippen LogP contribution in [0.5, 0.6) is 0 Å². The molecule has 0 aliphatic rings. The number of nitrogens with one attached hydrogen (secondary N) is 2. The van der Waals surface area contributed by atoms with Crippen molar-refractivity contribution in [1.82, 2.24) is 10.6 Å². The molecule has 0 unspecified atom stereocenters. The summed E-state index contributed by atoms with van der Waals surface area (Å²) in [4.78, 5) is 25.1. The highest BCUT2D eigenvalue weighted by molar-refractivity contribution is 5.89. The highest BCUT2D eigenvalue weighted by Gasteiger charge is 2.23. The summed E-state index contributed by atoms with van der Waals surface area (Å²) in [5.74, 6) is -0.903. The van der Waals surface area contributed by atoms with Gasteiger partial charge in [0.1, 0.15) is 11.9 Å². The number of benzene rings is 2. The minimum Gasteiger partial charge on any atom is -0.354 e. The number of halogens is 1. The van der Waals surface area contributed by atoms with Crippen LogP contribution in [0.15, 0.2) is 54.6 Å².